The molecule has 0 spiro atoms. The van der Waals surface area contributed by atoms with Gasteiger partial charge in [0.05, 0.1) is 33.3 Å². The number of allylic oxidation sites excluding steroid dienone is 4. The van der Waals surface area contributed by atoms with Crippen molar-refractivity contribution in [1.82, 2.24) is 9.97 Å². The predicted octanol–water partition coefficient (Wildman–Crippen LogP) is 8.97. The lowest BCUT2D eigenvalue weighted by Gasteiger charge is -2.20. The zero-order valence-corrected chi connectivity index (χ0v) is 31.5. The molecule has 10 rings (SSSR count). The molecule has 0 atom stereocenters. The molecule has 7 aromatic rings. The van der Waals surface area contributed by atoms with E-state index in [1.165, 1.54) is 42.5 Å². The number of nitrogens with one attached hydrogen (secondary N) is 1. The largest absolute Gasteiger partial charge is 0.478 e. The molecule has 12 nitrogen and oxygen atoms in total. The van der Waals surface area contributed by atoms with Crippen LogP contribution in [0.1, 0.15) is 81.1 Å². The van der Waals surface area contributed by atoms with Crippen LogP contribution in [0.15, 0.2) is 132 Å². The number of benzene rings is 6. The normalized spacial score (nSPS) is 14.6. The number of hydrogen-bond acceptors (Lipinski definition) is 9. The zero-order valence-electron chi connectivity index (χ0n) is 31.5. The summed E-state index contributed by atoms with van der Waals surface area (Å²) in [6, 6.07) is 29.9. The van der Waals surface area contributed by atoms with E-state index < -0.39 is 40.8 Å². The summed E-state index contributed by atoms with van der Waals surface area (Å²) in [6.45, 7) is 1.98. The number of aromatic carboxylic acids is 1. The first kappa shape index (κ1) is 36.1. The van der Waals surface area contributed by atoms with Gasteiger partial charge in [0.2, 0.25) is 0 Å². The number of nitrogens with zero attached hydrogens (tertiary/aromatic N) is 2. The number of hydrogen-bond donors (Lipinski definition) is 2. The number of imide groups is 1. The van der Waals surface area contributed by atoms with Gasteiger partial charge in [0.25, 0.3) is 17.4 Å². The molecule has 0 bridgehead atoms. The third kappa shape index (κ3) is 5.97. The van der Waals surface area contributed by atoms with Crippen molar-refractivity contribution in [2.24, 2.45) is 0 Å². The van der Waals surface area contributed by atoms with Gasteiger partial charge in [-0.3, -0.25) is 24.0 Å². The number of fused-ring (bicyclic) bond motifs is 4. The Balaban J connectivity index is 0.982. The molecule has 0 saturated carbocycles. The molecule has 6 aromatic carbocycles. The summed E-state index contributed by atoms with van der Waals surface area (Å²) in [4.78, 5) is 88.9. The second kappa shape index (κ2) is 13.7. The van der Waals surface area contributed by atoms with Crippen molar-refractivity contribution in [3.63, 3.8) is 0 Å². The fourth-order valence-corrected chi connectivity index (χ4v) is 8.00. The van der Waals surface area contributed by atoms with Crippen LogP contribution in [0.4, 0.5) is 5.69 Å². The number of carbonyl (C=O) groups is 5. The molecule has 2 heterocycles. The minimum Gasteiger partial charge on any atom is -0.478 e. The van der Waals surface area contributed by atoms with Gasteiger partial charge in [0.15, 0.2) is 11.6 Å². The Morgan fingerprint density at radius 2 is 1.32 bits per heavy atom. The summed E-state index contributed by atoms with van der Waals surface area (Å²) in [6.07, 6.45) is 6.41. The van der Waals surface area contributed by atoms with Crippen LogP contribution in [0, 0.1) is 6.92 Å². The summed E-state index contributed by atoms with van der Waals surface area (Å²) in [7, 11) is 0. The summed E-state index contributed by atoms with van der Waals surface area (Å²) in [5.74, 6) is -3.22. The number of aryl methyl sites for hydroxylation is 1. The van der Waals surface area contributed by atoms with Crippen molar-refractivity contribution in [1.29, 1.82) is 0 Å². The molecule has 2 N–H and O–H groups in total. The third-order valence-electron chi connectivity index (χ3n) is 10.9. The minimum absolute atomic E-state index is 0.0202. The van der Waals surface area contributed by atoms with Gasteiger partial charge in [-0.1, -0.05) is 36.4 Å². The number of aromatic amines is 1. The van der Waals surface area contributed by atoms with Crippen LogP contribution in [0.2, 0.25) is 0 Å². The molecule has 60 heavy (non-hydrogen) atoms. The molecular formula is C48H29N3O9. The first-order valence-electron chi connectivity index (χ1n) is 18.9. The predicted molar refractivity (Wildman–Crippen MR) is 222 cm³/mol. The molecule has 2 aliphatic carbocycles. The summed E-state index contributed by atoms with van der Waals surface area (Å²) in [5, 5.41) is 10.4. The summed E-state index contributed by atoms with van der Waals surface area (Å²) >= 11 is 0. The Bertz CT molecular complexity index is 3180. The topological polar surface area (TPSA) is 173 Å². The van der Waals surface area contributed by atoms with E-state index in [-0.39, 0.29) is 44.5 Å². The molecule has 3 aliphatic rings. The van der Waals surface area contributed by atoms with Crippen LogP contribution >= 0.6 is 0 Å². The van der Waals surface area contributed by atoms with E-state index in [0.29, 0.717) is 51.4 Å². The van der Waals surface area contributed by atoms with Crippen molar-refractivity contribution in [3.05, 3.63) is 183 Å². The first-order chi connectivity index (χ1) is 29.0. The van der Waals surface area contributed by atoms with Crippen molar-refractivity contribution >= 4 is 62.3 Å². The Morgan fingerprint density at radius 3 is 1.93 bits per heavy atom. The fraction of sp³-hybridized carbons (Fsp3) is 0.0625. The number of carboxylic acids is 1. The average molecular weight is 792 g/mol. The number of amides is 2. The number of Topliss-reactive ketones (excluding diaryl/α,β-unsaturated/α-hetero) is 2. The SMILES string of the molecule is Cc1cccc(Oc2cccc(Oc3ccc(C4=CC=CC4)c(N4C(=O)c5cc6cc7c(cc6cc5C4=O)C(=O)C(c4nc5cc(C(=O)O)ccc5c(=O)[nH]4)C7=O)c3)c2)c1. The highest BCUT2D eigenvalue weighted by Crippen LogP contribution is 2.42. The summed E-state index contributed by atoms with van der Waals surface area (Å²) < 4.78 is 12.3. The minimum atomic E-state index is -1.48. The molecule has 0 saturated heterocycles. The number of H-pyrrole nitrogens is 1. The van der Waals surface area contributed by atoms with E-state index in [1.54, 1.807) is 30.3 Å². The van der Waals surface area contributed by atoms with Crippen LogP contribution in [-0.2, 0) is 0 Å². The first-order valence-corrected chi connectivity index (χ1v) is 18.9. The number of aromatic nitrogens is 2. The lowest BCUT2D eigenvalue weighted by molar-refractivity contribution is 0.0695. The van der Waals surface area contributed by atoms with Crippen molar-refractivity contribution in [2.45, 2.75) is 19.3 Å². The molecule has 0 fully saturated rings. The van der Waals surface area contributed by atoms with Gasteiger partial charge in [-0.25, -0.2) is 14.7 Å². The summed E-state index contributed by atoms with van der Waals surface area (Å²) in [5.41, 5.74) is 2.59. The van der Waals surface area contributed by atoms with Gasteiger partial charge in [-0.15, -0.1) is 0 Å². The molecule has 1 aliphatic heterocycles. The highest BCUT2D eigenvalue weighted by Gasteiger charge is 2.43. The monoisotopic (exact) mass is 791 g/mol. The van der Waals surface area contributed by atoms with Gasteiger partial charge in [0.1, 0.15) is 34.7 Å². The van der Waals surface area contributed by atoms with E-state index >= 15 is 0 Å². The van der Waals surface area contributed by atoms with E-state index in [0.717, 1.165) is 16.0 Å². The molecule has 290 valence electrons. The van der Waals surface area contributed by atoms with E-state index in [1.807, 2.05) is 61.5 Å². The Hall–Kier alpha value is -8.25. The molecule has 0 radical (unpaired) electrons. The second-order valence-electron chi connectivity index (χ2n) is 14.7. The average Bonchev–Trinajstić information content (AvgIpc) is 3.91. The zero-order chi connectivity index (χ0) is 41.4. The molecule has 0 unspecified atom stereocenters. The van der Waals surface area contributed by atoms with Crippen LogP contribution < -0.4 is 19.9 Å². The van der Waals surface area contributed by atoms with Crippen LogP contribution in [-0.4, -0.2) is 44.4 Å². The number of ether oxygens (including phenoxy) is 2. The van der Waals surface area contributed by atoms with Gasteiger partial charge in [-0.05, 0) is 114 Å². The standard InChI is InChI=1S/C48H29N3O9/c1-24-6-4-9-29(16-24)59-30-10-5-11-31(22-30)60-32-13-15-33(25-7-2-3-8-25)40(23-32)51-46(55)37-19-27-17-35-36(18-28(27)20-38(37)47(51)56)43(53)41(42(35)52)44-49-39-21-26(48(57)58)12-14-34(39)45(54)50-44/h2-7,9-23,41H,8H2,1H3,(H,57,58)(H,49,50,54). The van der Waals surface area contributed by atoms with Gasteiger partial charge in [-0.2, -0.15) is 0 Å². The number of anilines is 1. The third-order valence-corrected chi connectivity index (χ3v) is 10.9. The maximum Gasteiger partial charge on any atom is 0.335 e. The smallest absolute Gasteiger partial charge is 0.335 e. The second-order valence-corrected chi connectivity index (χ2v) is 14.7. The number of carbonyl (C=O) groups excluding carboxylic acids is 4. The quantitative estimate of drug-likeness (QED) is 0.112. The lowest BCUT2D eigenvalue weighted by Crippen LogP contribution is -2.30. The van der Waals surface area contributed by atoms with E-state index in [9.17, 15) is 33.9 Å². The molecule has 12 heteroatoms. The van der Waals surface area contributed by atoms with Crippen LogP contribution in [0.5, 0.6) is 23.0 Å². The van der Waals surface area contributed by atoms with Crippen molar-refractivity contribution in [3.8, 4) is 23.0 Å². The number of ketones is 2. The van der Waals surface area contributed by atoms with Gasteiger partial charge < -0.3 is 19.6 Å². The van der Waals surface area contributed by atoms with Gasteiger partial charge in [0, 0.05) is 28.8 Å². The highest BCUT2D eigenvalue weighted by molar-refractivity contribution is 6.36. The Kier molecular flexibility index (Phi) is 8.25. The number of carboxylic acid groups (broad SMARTS) is 1. The Labute approximate surface area is 339 Å². The van der Waals surface area contributed by atoms with Crippen LogP contribution in [0.3, 0.4) is 0 Å². The fourth-order valence-electron chi connectivity index (χ4n) is 8.00. The Morgan fingerprint density at radius 1 is 0.700 bits per heavy atom. The maximum atomic E-state index is 14.3. The van der Waals surface area contributed by atoms with Crippen molar-refractivity contribution in [2.75, 3.05) is 4.90 Å². The highest BCUT2D eigenvalue weighted by atomic mass is 16.5. The van der Waals surface area contributed by atoms with Crippen LogP contribution in [0.25, 0.3) is 27.2 Å². The molecular weight excluding hydrogens is 763 g/mol. The van der Waals surface area contributed by atoms with Crippen molar-refractivity contribution < 1.29 is 38.6 Å². The molecule has 1 aromatic heterocycles. The van der Waals surface area contributed by atoms with E-state index in [2.05, 4.69) is 9.97 Å². The molecule has 2 amide bonds. The maximum absolute atomic E-state index is 14.3. The number of rotatable bonds is 8. The van der Waals surface area contributed by atoms with Gasteiger partial charge >= 0.3 is 5.97 Å². The van der Waals surface area contributed by atoms with E-state index in [4.69, 9.17) is 9.47 Å². The lowest BCUT2D eigenvalue weighted by atomic mass is 9.98.